The zero-order valence-electron chi connectivity index (χ0n) is 12.6. The average molecular weight is 287 g/mol. The molecule has 0 atom stereocenters. The van der Waals surface area contributed by atoms with Crippen LogP contribution < -0.4 is 16.0 Å². The number of anilines is 2. The number of nitrogen functional groups attached to an aromatic ring is 1. The molecule has 4 nitrogen and oxygen atoms in total. The fourth-order valence-corrected chi connectivity index (χ4v) is 3.54. The number of piperidine rings is 1. The highest BCUT2D eigenvalue weighted by molar-refractivity contribution is 5.95. The van der Waals surface area contributed by atoms with Crippen molar-refractivity contribution in [3.63, 3.8) is 0 Å². The van der Waals surface area contributed by atoms with Gasteiger partial charge in [0.05, 0.1) is 0 Å². The SMILES string of the molecule is Nc1cccc2c1CCCN2C(=O)CCC1CCNCC1. The van der Waals surface area contributed by atoms with E-state index in [4.69, 9.17) is 5.73 Å². The summed E-state index contributed by atoms with van der Waals surface area (Å²) in [6.45, 7) is 3.03. The number of nitrogens with zero attached hydrogens (tertiary/aromatic N) is 1. The van der Waals surface area contributed by atoms with E-state index in [-0.39, 0.29) is 5.91 Å². The summed E-state index contributed by atoms with van der Waals surface area (Å²) >= 11 is 0. The number of amides is 1. The van der Waals surface area contributed by atoms with E-state index in [0.29, 0.717) is 12.3 Å². The normalized spacial score (nSPS) is 19.3. The summed E-state index contributed by atoms with van der Waals surface area (Å²) in [5, 5.41) is 3.38. The molecule has 0 aromatic heterocycles. The number of carbonyl (C=O) groups excluding carboxylic acids is 1. The molecule has 21 heavy (non-hydrogen) atoms. The molecular weight excluding hydrogens is 262 g/mol. The number of nitrogens with one attached hydrogen (secondary N) is 1. The van der Waals surface area contributed by atoms with Crippen molar-refractivity contribution in [2.75, 3.05) is 30.3 Å². The van der Waals surface area contributed by atoms with E-state index >= 15 is 0 Å². The Bertz CT molecular complexity index is 509. The third-order valence-electron chi connectivity index (χ3n) is 4.81. The van der Waals surface area contributed by atoms with Crippen LogP contribution in [-0.2, 0) is 11.2 Å². The van der Waals surface area contributed by atoms with Gasteiger partial charge in [-0.25, -0.2) is 0 Å². The van der Waals surface area contributed by atoms with Gasteiger partial charge < -0.3 is 16.0 Å². The molecule has 1 saturated heterocycles. The smallest absolute Gasteiger partial charge is 0.226 e. The maximum atomic E-state index is 12.6. The molecule has 0 unspecified atom stereocenters. The van der Waals surface area contributed by atoms with Crippen LogP contribution in [0.4, 0.5) is 11.4 Å². The fraction of sp³-hybridized carbons (Fsp3) is 0.588. The van der Waals surface area contributed by atoms with E-state index in [1.54, 1.807) is 0 Å². The van der Waals surface area contributed by atoms with Gasteiger partial charge in [-0.15, -0.1) is 0 Å². The summed E-state index contributed by atoms with van der Waals surface area (Å²) in [7, 11) is 0. The van der Waals surface area contributed by atoms with Gasteiger partial charge in [0.2, 0.25) is 5.91 Å². The lowest BCUT2D eigenvalue weighted by molar-refractivity contribution is -0.119. The van der Waals surface area contributed by atoms with Crippen molar-refractivity contribution >= 4 is 17.3 Å². The molecule has 4 heteroatoms. The molecule has 0 radical (unpaired) electrons. The summed E-state index contributed by atoms with van der Waals surface area (Å²) in [6, 6.07) is 5.92. The second-order valence-electron chi connectivity index (χ2n) is 6.23. The average Bonchev–Trinajstić information content (AvgIpc) is 2.53. The summed E-state index contributed by atoms with van der Waals surface area (Å²) in [6.07, 6.45) is 6.10. The third kappa shape index (κ3) is 3.21. The zero-order chi connectivity index (χ0) is 14.7. The minimum absolute atomic E-state index is 0.264. The van der Waals surface area contributed by atoms with Gasteiger partial charge in [-0.1, -0.05) is 6.07 Å². The van der Waals surface area contributed by atoms with Crippen molar-refractivity contribution in [2.24, 2.45) is 5.92 Å². The number of rotatable bonds is 3. The Morgan fingerprint density at radius 1 is 1.33 bits per heavy atom. The Balaban J connectivity index is 1.64. The highest BCUT2D eigenvalue weighted by atomic mass is 16.2. The molecule has 114 valence electrons. The molecule has 0 aliphatic carbocycles. The van der Waals surface area contributed by atoms with Crippen LogP contribution in [0.2, 0.25) is 0 Å². The Morgan fingerprint density at radius 2 is 2.14 bits per heavy atom. The van der Waals surface area contributed by atoms with Crippen LogP contribution in [-0.4, -0.2) is 25.5 Å². The quantitative estimate of drug-likeness (QED) is 0.839. The van der Waals surface area contributed by atoms with Crippen LogP contribution in [0.5, 0.6) is 0 Å². The molecule has 2 aliphatic rings. The Labute approximate surface area is 126 Å². The molecule has 1 aromatic carbocycles. The standard InChI is InChI=1S/C17H25N3O/c18-15-4-1-5-16-14(15)3-2-12-20(16)17(21)7-6-13-8-10-19-11-9-13/h1,4-5,13,19H,2-3,6-12,18H2. The van der Waals surface area contributed by atoms with Gasteiger partial charge in [0.1, 0.15) is 0 Å². The van der Waals surface area contributed by atoms with Gasteiger partial charge in [0, 0.05) is 24.3 Å². The monoisotopic (exact) mass is 287 g/mol. The van der Waals surface area contributed by atoms with Crippen molar-refractivity contribution in [1.29, 1.82) is 0 Å². The predicted molar refractivity (Wildman–Crippen MR) is 86.4 cm³/mol. The van der Waals surface area contributed by atoms with Crippen molar-refractivity contribution in [3.8, 4) is 0 Å². The minimum Gasteiger partial charge on any atom is -0.398 e. The predicted octanol–water partition coefficient (Wildman–Crippen LogP) is 2.33. The van der Waals surface area contributed by atoms with Crippen molar-refractivity contribution < 1.29 is 4.79 Å². The van der Waals surface area contributed by atoms with Crippen LogP contribution in [0, 0.1) is 5.92 Å². The van der Waals surface area contributed by atoms with Crippen molar-refractivity contribution in [3.05, 3.63) is 23.8 Å². The Hall–Kier alpha value is -1.55. The Kier molecular flexibility index (Phi) is 4.44. The van der Waals surface area contributed by atoms with Crippen LogP contribution in [0.15, 0.2) is 18.2 Å². The van der Waals surface area contributed by atoms with E-state index in [1.807, 2.05) is 23.1 Å². The van der Waals surface area contributed by atoms with Crippen molar-refractivity contribution in [2.45, 2.75) is 38.5 Å². The second kappa shape index (κ2) is 6.48. The van der Waals surface area contributed by atoms with Gasteiger partial charge in [-0.05, 0) is 68.8 Å². The van der Waals surface area contributed by atoms with Crippen LogP contribution in [0.1, 0.15) is 37.7 Å². The second-order valence-corrected chi connectivity index (χ2v) is 6.23. The van der Waals surface area contributed by atoms with E-state index in [1.165, 1.54) is 12.8 Å². The molecule has 0 spiro atoms. The number of fused-ring (bicyclic) bond motifs is 1. The molecule has 1 aromatic rings. The first-order valence-electron chi connectivity index (χ1n) is 8.14. The largest absolute Gasteiger partial charge is 0.398 e. The molecule has 2 aliphatic heterocycles. The summed E-state index contributed by atoms with van der Waals surface area (Å²) in [4.78, 5) is 14.5. The van der Waals surface area contributed by atoms with Crippen molar-refractivity contribution in [1.82, 2.24) is 5.32 Å². The maximum Gasteiger partial charge on any atom is 0.226 e. The molecule has 1 amide bonds. The number of nitrogens with two attached hydrogens (primary N) is 1. The number of benzene rings is 1. The summed E-state index contributed by atoms with van der Waals surface area (Å²) < 4.78 is 0. The van der Waals surface area contributed by atoms with E-state index in [0.717, 1.165) is 55.8 Å². The third-order valence-corrected chi connectivity index (χ3v) is 4.81. The first-order valence-corrected chi connectivity index (χ1v) is 8.14. The first kappa shape index (κ1) is 14.4. The van der Waals surface area contributed by atoms with Crippen LogP contribution >= 0.6 is 0 Å². The van der Waals surface area contributed by atoms with Gasteiger partial charge >= 0.3 is 0 Å². The van der Waals surface area contributed by atoms with Gasteiger partial charge in [0.25, 0.3) is 0 Å². The molecule has 3 N–H and O–H groups in total. The summed E-state index contributed by atoms with van der Waals surface area (Å²) in [5.74, 6) is 0.973. The highest BCUT2D eigenvalue weighted by Crippen LogP contribution is 2.32. The summed E-state index contributed by atoms with van der Waals surface area (Å²) in [5.41, 5.74) is 9.06. The van der Waals surface area contributed by atoms with E-state index in [2.05, 4.69) is 5.32 Å². The van der Waals surface area contributed by atoms with Crippen LogP contribution in [0.25, 0.3) is 0 Å². The topological polar surface area (TPSA) is 58.4 Å². The molecule has 0 saturated carbocycles. The minimum atomic E-state index is 0.264. The molecule has 3 rings (SSSR count). The molecule has 1 fully saturated rings. The van der Waals surface area contributed by atoms with Gasteiger partial charge in [0.15, 0.2) is 0 Å². The van der Waals surface area contributed by atoms with E-state index in [9.17, 15) is 4.79 Å². The lowest BCUT2D eigenvalue weighted by Crippen LogP contribution is -2.36. The lowest BCUT2D eigenvalue weighted by Gasteiger charge is -2.31. The van der Waals surface area contributed by atoms with Gasteiger partial charge in [-0.2, -0.15) is 0 Å². The molecule has 0 bridgehead atoms. The maximum absolute atomic E-state index is 12.6. The van der Waals surface area contributed by atoms with E-state index < -0.39 is 0 Å². The highest BCUT2D eigenvalue weighted by Gasteiger charge is 2.24. The number of hydrogen-bond donors (Lipinski definition) is 2. The number of carbonyl (C=O) groups is 1. The fourth-order valence-electron chi connectivity index (χ4n) is 3.54. The Morgan fingerprint density at radius 3 is 2.95 bits per heavy atom. The number of hydrogen-bond acceptors (Lipinski definition) is 3. The molecule has 2 heterocycles. The van der Waals surface area contributed by atoms with Gasteiger partial charge in [-0.3, -0.25) is 4.79 Å². The van der Waals surface area contributed by atoms with Crippen LogP contribution in [0.3, 0.4) is 0 Å². The lowest BCUT2D eigenvalue weighted by atomic mass is 9.92. The molecular formula is C17H25N3O. The first-order chi connectivity index (χ1) is 10.3. The zero-order valence-corrected chi connectivity index (χ0v) is 12.6.